The zero-order valence-electron chi connectivity index (χ0n) is 22.2. The summed E-state index contributed by atoms with van der Waals surface area (Å²) >= 11 is 0. The lowest BCUT2D eigenvalue weighted by molar-refractivity contribution is -0.385. The molecule has 0 saturated carbocycles. The molecule has 0 saturated heterocycles. The highest BCUT2D eigenvalue weighted by Gasteiger charge is 2.32. The monoisotopic (exact) mass is 557 g/mol. The number of hydrazone groups is 1. The van der Waals surface area contributed by atoms with Gasteiger partial charge in [0, 0.05) is 5.70 Å². The lowest BCUT2D eigenvalue weighted by Crippen LogP contribution is -2.45. The minimum absolute atomic E-state index is 0.0711. The van der Waals surface area contributed by atoms with Crippen LogP contribution in [0.3, 0.4) is 0 Å². The number of allylic oxidation sites excluding steroid dienone is 1. The van der Waals surface area contributed by atoms with Crippen LogP contribution in [0.1, 0.15) is 24.1 Å². The van der Waals surface area contributed by atoms with Crippen LogP contribution in [0.25, 0.3) is 0 Å². The molecule has 3 N–H and O–H groups in total. The maximum Gasteiger partial charge on any atom is 0.337 e. The molecule has 15 nitrogen and oxygen atoms in total. The second-order valence-corrected chi connectivity index (χ2v) is 8.08. The van der Waals surface area contributed by atoms with Gasteiger partial charge in [0.2, 0.25) is 0 Å². The van der Waals surface area contributed by atoms with Crippen LogP contribution < -0.4 is 35.0 Å². The third kappa shape index (κ3) is 6.56. The van der Waals surface area contributed by atoms with Gasteiger partial charge in [-0.2, -0.15) is 5.10 Å². The van der Waals surface area contributed by atoms with Crippen LogP contribution in [-0.2, 0) is 14.3 Å². The van der Waals surface area contributed by atoms with Gasteiger partial charge in [-0.3, -0.25) is 14.9 Å². The van der Waals surface area contributed by atoms with E-state index in [9.17, 15) is 24.5 Å². The number of rotatable bonds is 11. The standard InChI is InChI=1S/C25H27N5O10/c1-13-22(24(32)39-5)23(28-25(33)27-13)14-6-7-17(18(8-14)36-2)40-12-21(31)29-26-11-15-9-19(37-3)20(38-4)10-16(15)30(34)35/h6-11,23H,12H2,1-5H3,(H,29,31)(H2,27,28,33)/b26-11-/t23-/m1/s1. The van der Waals surface area contributed by atoms with Crippen LogP contribution in [0.15, 0.2) is 46.7 Å². The van der Waals surface area contributed by atoms with Crippen LogP contribution in [0, 0.1) is 10.1 Å². The predicted molar refractivity (Wildman–Crippen MR) is 140 cm³/mol. The van der Waals surface area contributed by atoms with Gasteiger partial charge in [0.15, 0.2) is 29.6 Å². The average molecular weight is 558 g/mol. The topological polar surface area (TPSA) is 189 Å². The molecule has 0 aliphatic carbocycles. The van der Waals surface area contributed by atoms with E-state index in [1.807, 2.05) is 0 Å². The van der Waals surface area contributed by atoms with Gasteiger partial charge in [0.05, 0.1) is 62.8 Å². The highest BCUT2D eigenvalue weighted by atomic mass is 16.6. The second kappa shape index (κ2) is 12.9. The SMILES string of the molecule is COC(=O)C1=C(C)NC(=O)N[C@@H]1c1ccc(OCC(=O)N/N=C\c2cc(OC)c(OC)cc2[N+](=O)[O-])c(OC)c1. The van der Waals surface area contributed by atoms with Crippen molar-refractivity contribution < 1.29 is 43.0 Å². The Morgan fingerprint density at radius 3 is 2.33 bits per heavy atom. The first-order valence-corrected chi connectivity index (χ1v) is 11.5. The zero-order chi connectivity index (χ0) is 29.4. The molecule has 1 aliphatic heterocycles. The van der Waals surface area contributed by atoms with E-state index in [1.165, 1.54) is 46.6 Å². The van der Waals surface area contributed by atoms with Crippen molar-refractivity contribution in [3.63, 3.8) is 0 Å². The Balaban J connectivity index is 1.71. The van der Waals surface area contributed by atoms with E-state index in [0.29, 0.717) is 11.3 Å². The van der Waals surface area contributed by atoms with Gasteiger partial charge >= 0.3 is 12.0 Å². The summed E-state index contributed by atoms with van der Waals surface area (Å²) in [6.07, 6.45) is 1.09. The summed E-state index contributed by atoms with van der Waals surface area (Å²) in [7, 11) is 5.34. The fourth-order valence-corrected chi connectivity index (χ4v) is 3.80. The van der Waals surface area contributed by atoms with Crippen LogP contribution in [0.5, 0.6) is 23.0 Å². The zero-order valence-corrected chi connectivity index (χ0v) is 22.2. The molecule has 0 bridgehead atoms. The van der Waals surface area contributed by atoms with Crippen molar-refractivity contribution in [3.8, 4) is 23.0 Å². The molecule has 1 aliphatic rings. The summed E-state index contributed by atoms with van der Waals surface area (Å²) in [5.41, 5.74) is 3.05. The van der Waals surface area contributed by atoms with Gasteiger partial charge in [-0.15, -0.1) is 0 Å². The van der Waals surface area contributed by atoms with Crippen molar-refractivity contribution >= 4 is 29.8 Å². The quantitative estimate of drug-likeness (QED) is 0.159. The number of nitrogens with zero attached hydrogens (tertiary/aromatic N) is 2. The first kappa shape index (κ1) is 29.2. The van der Waals surface area contributed by atoms with Gasteiger partial charge in [-0.25, -0.2) is 15.0 Å². The molecule has 212 valence electrons. The lowest BCUT2D eigenvalue weighted by atomic mass is 9.95. The smallest absolute Gasteiger partial charge is 0.337 e. The Morgan fingerprint density at radius 1 is 1.05 bits per heavy atom. The molecular weight excluding hydrogens is 530 g/mol. The number of nitrogens with one attached hydrogen (secondary N) is 3. The first-order chi connectivity index (χ1) is 19.1. The van der Waals surface area contributed by atoms with Crippen molar-refractivity contribution in [2.24, 2.45) is 5.10 Å². The molecule has 2 aromatic carbocycles. The minimum Gasteiger partial charge on any atom is -0.493 e. The maximum absolute atomic E-state index is 12.3. The van der Waals surface area contributed by atoms with E-state index in [4.69, 9.17) is 23.7 Å². The van der Waals surface area contributed by atoms with Crippen LogP contribution >= 0.6 is 0 Å². The Hall–Kier alpha value is -5.34. The highest BCUT2D eigenvalue weighted by molar-refractivity contribution is 5.95. The number of esters is 1. The van der Waals surface area contributed by atoms with Crippen LogP contribution in [-0.4, -0.2) is 64.1 Å². The largest absolute Gasteiger partial charge is 0.493 e. The number of ether oxygens (including phenoxy) is 5. The number of methoxy groups -OCH3 is 4. The van der Waals surface area contributed by atoms with E-state index in [-0.39, 0.29) is 39.8 Å². The number of urea groups is 1. The average Bonchev–Trinajstić information content (AvgIpc) is 2.94. The summed E-state index contributed by atoms with van der Waals surface area (Å²) in [5.74, 6) is -0.453. The van der Waals surface area contributed by atoms with Crippen molar-refractivity contribution in [2.75, 3.05) is 35.0 Å². The van der Waals surface area contributed by atoms with Gasteiger partial charge in [0.1, 0.15) is 0 Å². The third-order valence-corrected chi connectivity index (χ3v) is 5.68. The summed E-state index contributed by atoms with van der Waals surface area (Å²) < 4.78 is 26.0. The molecule has 0 spiro atoms. The molecule has 0 fully saturated rings. The summed E-state index contributed by atoms with van der Waals surface area (Å²) in [4.78, 5) is 47.5. The molecule has 3 amide bonds. The predicted octanol–water partition coefficient (Wildman–Crippen LogP) is 1.95. The Labute approximate surface area is 228 Å². The lowest BCUT2D eigenvalue weighted by Gasteiger charge is -2.28. The summed E-state index contributed by atoms with van der Waals surface area (Å²) in [6, 6.07) is 5.87. The number of hydrogen-bond donors (Lipinski definition) is 3. The third-order valence-electron chi connectivity index (χ3n) is 5.68. The number of carbonyl (C=O) groups is 3. The number of carbonyl (C=O) groups excluding carboxylic acids is 3. The molecule has 0 aromatic heterocycles. The molecule has 2 aromatic rings. The number of amides is 3. The molecule has 40 heavy (non-hydrogen) atoms. The van der Waals surface area contributed by atoms with E-state index in [0.717, 1.165) is 6.21 Å². The Morgan fingerprint density at radius 2 is 1.70 bits per heavy atom. The van der Waals surface area contributed by atoms with Gasteiger partial charge in [-0.05, 0) is 30.7 Å². The Bertz CT molecular complexity index is 1390. The van der Waals surface area contributed by atoms with Crippen molar-refractivity contribution in [2.45, 2.75) is 13.0 Å². The molecule has 1 heterocycles. The maximum atomic E-state index is 12.3. The highest BCUT2D eigenvalue weighted by Crippen LogP contribution is 2.35. The van der Waals surface area contributed by atoms with E-state index >= 15 is 0 Å². The van der Waals surface area contributed by atoms with Gasteiger partial charge in [0.25, 0.3) is 11.6 Å². The number of nitro benzene ring substituents is 1. The number of benzene rings is 2. The molecule has 0 unspecified atom stereocenters. The van der Waals surface area contributed by atoms with E-state index in [2.05, 4.69) is 21.2 Å². The van der Waals surface area contributed by atoms with Gasteiger partial charge < -0.3 is 34.3 Å². The normalized spacial score (nSPS) is 14.6. The first-order valence-electron chi connectivity index (χ1n) is 11.5. The molecule has 1 atom stereocenters. The Kier molecular flexibility index (Phi) is 9.46. The van der Waals surface area contributed by atoms with E-state index < -0.39 is 35.5 Å². The molecule has 3 rings (SSSR count). The van der Waals surface area contributed by atoms with Crippen LogP contribution in [0.2, 0.25) is 0 Å². The summed E-state index contributed by atoms with van der Waals surface area (Å²) in [5, 5.41) is 20.4. The second-order valence-electron chi connectivity index (χ2n) is 8.08. The van der Waals surface area contributed by atoms with Gasteiger partial charge in [-0.1, -0.05) is 6.07 Å². The van der Waals surface area contributed by atoms with Crippen molar-refractivity contribution in [1.29, 1.82) is 0 Å². The fraction of sp³-hybridized carbons (Fsp3) is 0.280. The molecular formula is C25H27N5O10. The minimum atomic E-state index is -0.817. The molecule has 0 radical (unpaired) electrons. The van der Waals surface area contributed by atoms with Crippen molar-refractivity contribution in [1.82, 2.24) is 16.1 Å². The summed E-state index contributed by atoms with van der Waals surface area (Å²) in [6.45, 7) is 1.11. The van der Waals surface area contributed by atoms with E-state index in [1.54, 1.807) is 19.1 Å². The number of nitro groups is 1. The molecule has 15 heteroatoms. The van der Waals surface area contributed by atoms with Crippen molar-refractivity contribution in [3.05, 3.63) is 62.8 Å². The fourth-order valence-electron chi connectivity index (χ4n) is 3.80. The van der Waals surface area contributed by atoms with Crippen LogP contribution in [0.4, 0.5) is 10.5 Å². The number of hydrogen-bond acceptors (Lipinski definition) is 11.